The first-order valence-corrected chi connectivity index (χ1v) is 5.09. The fourth-order valence-electron chi connectivity index (χ4n) is 1.62. The summed E-state index contributed by atoms with van der Waals surface area (Å²) in [5.74, 6) is 0. The number of hydrogen-bond acceptors (Lipinski definition) is 2. The number of hydrogen-bond donors (Lipinski definition) is 0. The molecule has 0 N–H and O–H groups in total. The van der Waals surface area contributed by atoms with Gasteiger partial charge in [0, 0.05) is 10.7 Å². The summed E-state index contributed by atoms with van der Waals surface area (Å²) in [6, 6.07) is 6.20. The lowest BCUT2D eigenvalue weighted by Gasteiger charge is -2.34. The summed E-state index contributed by atoms with van der Waals surface area (Å²) in [5.41, 5.74) is 0.625. The van der Waals surface area contributed by atoms with Crippen molar-refractivity contribution in [2.45, 2.75) is 24.7 Å². The van der Waals surface area contributed by atoms with Crippen molar-refractivity contribution in [3.05, 3.63) is 28.5 Å². The summed E-state index contributed by atoms with van der Waals surface area (Å²) in [6.45, 7) is 0. The highest BCUT2D eigenvalue weighted by atomic mass is 79.9. The largest absolute Gasteiger partial charge is 0.260 e. The normalized spacial score (nSPS) is 18.8. The third-order valence-corrected chi connectivity index (χ3v) is 3.13. The first-order valence-electron chi connectivity index (χ1n) is 4.30. The Balaban J connectivity index is 2.40. The van der Waals surface area contributed by atoms with Crippen LogP contribution < -0.4 is 0 Å². The molecule has 0 spiro atoms. The lowest BCUT2D eigenvalue weighted by molar-refractivity contribution is 0.316. The van der Waals surface area contributed by atoms with Crippen LogP contribution in [0.3, 0.4) is 0 Å². The lowest BCUT2D eigenvalue weighted by atomic mass is 9.67. The summed E-state index contributed by atoms with van der Waals surface area (Å²) >= 11 is 3.39. The highest BCUT2D eigenvalue weighted by Gasteiger charge is 2.40. The molecule has 1 aliphatic rings. The Labute approximate surface area is 85.7 Å². The molecule has 0 bridgehead atoms. The molecule has 3 heteroatoms. The standard InChI is InChI=1S/C10H9BrN2/c11-8-2-5-13-9(6-8)10(7-12)3-1-4-10/h2,5-6H,1,3-4H2. The second kappa shape index (κ2) is 3.12. The first-order chi connectivity index (χ1) is 6.27. The van der Waals surface area contributed by atoms with Gasteiger partial charge in [-0.1, -0.05) is 15.9 Å². The molecule has 2 rings (SSSR count). The molecule has 13 heavy (non-hydrogen) atoms. The van der Waals surface area contributed by atoms with Crippen LogP contribution in [0.2, 0.25) is 0 Å². The molecule has 1 fully saturated rings. The molecule has 1 saturated carbocycles. The fourth-order valence-corrected chi connectivity index (χ4v) is 1.96. The molecule has 0 radical (unpaired) electrons. The van der Waals surface area contributed by atoms with Crippen LogP contribution in [-0.2, 0) is 5.41 Å². The maximum absolute atomic E-state index is 9.08. The number of aromatic nitrogens is 1. The SMILES string of the molecule is N#CC1(c2cc(Br)ccn2)CCC1. The van der Waals surface area contributed by atoms with Crippen LogP contribution in [0.4, 0.5) is 0 Å². The molecule has 1 aromatic rings. The summed E-state index contributed by atoms with van der Waals surface area (Å²) in [6.07, 6.45) is 4.79. The molecule has 0 atom stereocenters. The zero-order chi connectivity index (χ0) is 9.31. The predicted octanol–water partition coefficient (Wildman–Crippen LogP) is 2.79. The maximum Gasteiger partial charge on any atom is 0.0993 e. The van der Waals surface area contributed by atoms with E-state index in [2.05, 4.69) is 27.0 Å². The van der Waals surface area contributed by atoms with E-state index in [9.17, 15) is 0 Å². The van der Waals surface area contributed by atoms with Crippen LogP contribution in [0.25, 0.3) is 0 Å². The van der Waals surface area contributed by atoms with Crippen LogP contribution >= 0.6 is 15.9 Å². The minimum Gasteiger partial charge on any atom is -0.260 e. The molecule has 1 aromatic heterocycles. The molecule has 1 heterocycles. The molecule has 0 amide bonds. The minimum atomic E-state index is -0.288. The van der Waals surface area contributed by atoms with Gasteiger partial charge in [-0.25, -0.2) is 0 Å². The third kappa shape index (κ3) is 1.36. The van der Waals surface area contributed by atoms with Gasteiger partial charge < -0.3 is 0 Å². The van der Waals surface area contributed by atoms with E-state index in [1.165, 1.54) is 0 Å². The Kier molecular flexibility index (Phi) is 2.09. The van der Waals surface area contributed by atoms with Crippen LogP contribution in [0, 0.1) is 11.3 Å². The maximum atomic E-state index is 9.08. The van der Waals surface area contributed by atoms with E-state index in [4.69, 9.17) is 5.26 Å². The second-order valence-corrected chi connectivity index (χ2v) is 4.32. The average molecular weight is 237 g/mol. The van der Waals surface area contributed by atoms with Crippen molar-refractivity contribution in [1.82, 2.24) is 4.98 Å². The summed E-state index contributed by atoms with van der Waals surface area (Å²) in [7, 11) is 0. The quantitative estimate of drug-likeness (QED) is 0.752. The Bertz CT molecular complexity index is 363. The summed E-state index contributed by atoms with van der Waals surface area (Å²) < 4.78 is 0.999. The van der Waals surface area contributed by atoms with E-state index in [0.29, 0.717) is 0 Å². The minimum absolute atomic E-state index is 0.288. The Morgan fingerprint density at radius 3 is 2.77 bits per heavy atom. The summed E-state index contributed by atoms with van der Waals surface area (Å²) in [4.78, 5) is 4.25. The smallest absolute Gasteiger partial charge is 0.0993 e. The number of halogens is 1. The van der Waals surface area contributed by atoms with Crippen molar-refractivity contribution in [3.8, 4) is 6.07 Å². The van der Waals surface area contributed by atoms with Crippen molar-refractivity contribution < 1.29 is 0 Å². The average Bonchev–Trinajstić information content (AvgIpc) is 2.03. The topological polar surface area (TPSA) is 36.7 Å². The molecular weight excluding hydrogens is 228 g/mol. The molecule has 0 aromatic carbocycles. The van der Waals surface area contributed by atoms with Gasteiger partial charge in [0.05, 0.1) is 17.2 Å². The molecule has 0 unspecified atom stereocenters. The number of nitriles is 1. The van der Waals surface area contributed by atoms with E-state index in [1.807, 2.05) is 12.1 Å². The van der Waals surface area contributed by atoms with E-state index < -0.39 is 0 Å². The zero-order valence-corrected chi connectivity index (χ0v) is 8.71. The highest BCUT2D eigenvalue weighted by molar-refractivity contribution is 9.10. The van der Waals surface area contributed by atoms with E-state index in [1.54, 1.807) is 6.20 Å². The molecule has 1 aliphatic carbocycles. The predicted molar refractivity (Wildman–Crippen MR) is 53.1 cm³/mol. The van der Waals surface area contributed by atoms with Gasteiger partial charge in [-0.3, -0.25) is 4.98 Å². The monoisotopic (exact) mass is 236 g/mol. The number of pyridine rings is 1. The third-order valence-electron chi connectivity index (χ3n) is 2.63. The van der Waals surface area contributed by atoms with Crippen LogP contribution in [0.5, 0.6) is 0 Å². The molecule has 0 saturated heterocycles. The van der Waals surface area contributed by atoms with Gasteiger partial charge in [0.25, 0.3) is 0 Å². The number of rotatable bonds is 1. The van der Waals surface area contributed by atoms with Crippen LogP contribution in [0.15, 0.2) is 22.8 Å². The summed E-state index contributed by atoms with van der Waals surface area (Å²) in [5, 5.41) is 9.08. The van der Waals surface area contributed by atoms with Gasteiger partial charge in [0.2, 0.25) is 0 Å². The fraction of sp³-hybridized carbons (Fsp3) is 0.400. The van der Waals surface area contributed by atoms with Crippen molar-refractivity contribution in [1.29, 1.82) is 5.26 Å². The van der Waals surface area contributed by atoms with E-state index in [0.717, 1.165) is 29.4 Å². The number of nitrogens with zero attached hydrogens (tertiary/aromatic N) is 2. The van der Waals surface area contributed by atoms with Crippen molar-refractivity contribution in [2.24, 2.45) is 0 Å². The zero-order valence-electron chi connectivity index (χ0n) is 7.13. The van der Waals surface area contributed by atoms with Gasteiger partial charge in [-0.05, 0) is 31.4 Å². The van der Waals surface area contributed by atoms with Crippen molar-refractivity contribution in [2.75, 3.05) is 0 Å². The van der Waals surface area contributed by atoms with Gasteiger partial charge in [-0.2, -0.15) is 5.26 Å². The van der Waals surface area contributed by atoms with Crippen LogP contribution in [0.1, 0.15) is 25.0 Å². The first kappa shape index (κ1) is 8.71. The highest BCUT2D eigenvalue weighted by Crippen LogP contribution is 2.42. The lowest BCUT2D eigenvalue weighted by Crippen LogP contribution is -2.33. The van der Waals surface area contributed by atoms with E-state index in [-0.39, 0.29) is 5.41 Å². The van der Waals surface area contributed by atoms with Gasteiger partial charge in [0.15, 0.2) is 0 Å². The van der Waals surface area contributed by atoms with Crippen LogP contribution in [-0.4, -0.2) is 4.98 Å². The van der Waals surface area contributed by atoms with Crippen molar-refractivity contribution >= 4 is 15.9 Å². The van der Waals surface area contributed by atoms with Gasteiger partial charge in [0.1, 0.15) is 0 Å². The van der Waals surface area contributed by atoms with Gasteiger partial charge >= 0.3 is 0 Å². The Hall–Kier alpha value is -0.880. The molecular formula is C10H9BrN2. The van der Waals surface area contributed by atoms with Gasteiger partial charge in [-0.15, -0.1) is 0 Å². The molecule has 66 valence electrons. The van der Waals surface area contributed by atoms with E-state index >= 15 is 0 Å². The molecule has 2 nitrogen and oxygen atoms in total. The second-order valence-electron chi connectivity index (χ2n) is 3.41. The Morgan fingerprint density at radius 2 is 2.31 bits per heavy atom. The van der Waals surface area contributed by atoms with Crippen molar-refractivity contribution in [3.63, 3.8) is 0 Å². The molecule has 0 aliphatic heterocycles. The Morgan fingerprint density at radius 1 is 1.54 bits per heavy atom.